The van der Waals surface area contributed by atoms with E-state index in [-0.39, 0.29) is 24.6 Å². The number of thiophene rings is 1. The molecule has 1 aromatic heterocycles. The van der Waals surface area contributed by atoms with Crippen LogP contribution in [0.3, 0.4) is 0 Å². The lowest BCUT2D eigenvalue weighted by Crippen LogP contribution is -2.43. The lowest BCUT2D eigenvalue weighted by atomic mass is 10.1. The maximum Gasteiger partial charge on any atom is 0.315 e. The van der Waals surface area contributed by atoms with Crippen molar-refractivity contribution in [3.8, 4) is 16.9 Å². The second kappa shape index (κ2) is 8.70. The molecule has 2 amide bonds. The number of nitrogens with one attached hydrogen (secondary N) is 2. The Bertz CT molecular complexity index is 655. The van der Waals surface area contributed by atoms with Crippen LogP contribution in [0.25, 0.3) is 11.1 Å². The molecule has 24 heavy (non-hydrogen) atoms. The minimum atomic E-state index is -0.220. The number of urea groups is 1. The topological polar surface area (TPSA) is 70.6 Å². The smallest absolute Gasteiger partial charge is 0.315 e. The highest BCUT2D eigenvalue weighted by Gasteiger charge is 2.13. The molecule has 0 aliphatic heterocycles. The van der Waals surface area contributed by atoms with Crippen molar-refractivity contribution in [2.45, 2.75) is 26.4 Å². The zero-order valence-corrected chi connectivity index (χ0v) is 15.0. The van der Waals surface area contributed by atoms with Gasteiger partial charge in [0.25, 0.3) is 0 Å². The molecule has 6 heteroatoms. The Kier molecular flexibility index (Phi) is 6.63. The summed E-state index contributed by atoms with van der Waals surface area (Å²) < 4.78 is 5.16. The van der Waals surface area contributed by atoms with Crippen molar-refractivity contribution >= 4 is 17.4 Å². The fourth-order valence-corrected chi connectivity index (χ4v) is 2.97. The summed E-state index contributed by atoms with van der Waals surface area (Å²) in [4.78, 5) is 13.0. The van der Waals surface area contributed by atoms with Crippen LogP contribution in [0, 0.1) is 5.92 Å². The van der Waals surface area contributed by atoms with Gasteiger partial charge in [-0.15, -0.1) is 11.3 Å². The molecule has 130 valence electrons. The van der Waals surface area contributed by atoms with Gasteiger partial charge >= 0.3 is 6.03 Å². The van der Waals surface area contributed by atoms with Crippen molar-refractivity contribution in [3.05, 3.63) is 40.6 Å². The molecule has 1 aromatic carbocycles. The van der Waals surface area contributed by atoms with Gasteiger partial charge in [0.2, 0.25) is 0 Å². The van der Waals surface area contributed by atoms with Crippen LogP contribution in [0.5, 0.6) is 5.75 Å². The van der Waals surface area contributed by atoms with E-state index in [4.69, 9.17) is 9.84 Å². The molecule has 0 fully saturated rings. The normalized spacial score (nSPS) is 13.2. The van der Waals surface area contributed by atoms with E-state index in [2.05, 4.69) is 22.1 Å². The monoisotopic (exact) mass is 348 g/mol. The third-order valence-corrected chi connectivity index (χ3v) is 4.94. The van der Waals surface area contributed by atoms with Crippen molar-refractivity contribution in [3.63, 3.8) is 0 Å². The fraction of sp³-hybridized carbons (Fsp3) is 0.389. The summed E-state index contributed by atoms with van der Waals surface area (Å²) >= 11 is 1.61. The summed E-state index contributed by atoms with van der Waals surface area (Å²) in [5, 5.41) is 16.9. The molecule has 0 radical (unpaired) electrons. The van der Waals surface area contributed by atoms with Crippen LogP contribution in [-0.2, 0) is 6.54 Å². The van der Waals surface area contributed by atoms with Crippen molar-refractivity contribution in [2.75, 3.05) is 13.7 Å². The van der Waals surface area contributed by atoms with Crippen LogP contribution >= 0.6 is 11.3 Å². The SMILES string of the molecule is COc1ccc(-c2csc(CNC(=O)NC(C)C(C)CO)c2)cc1. The average molecular weight is 348 g/mol. The van der Waals surface area contributed by atoms with Crippen LogP contribution in [0.4, 0.5) is 4.79 Å². The Labute approximate surface area is 146 Å². The zero-order valence-electron chi connectivity index (χ0n) is 14.2. The van der Waals surface area contributed by atoms with Gasteiger partial charge in [-0.25, -0.2) is 4.79 Å². The van der Waals surface area contributed by atoms with Crippen LogP contribution in [0.2, 0.25) is 0 Å². The van der Waals surface area contributed by atoms with E-state index in [1.165, 1.54) is 0 Å². The molecular weight excluding hydrogens is 324 g/mol. The van der Waals surface area contributed by atoms with Crippen LogP contribution in [-0.4, -0.2) is 30.9 Å². The molecule has 0 saturated carbocycles. The molecule has 2 unspecified atom stereocenters. The Morgan fingerprint density at radius 1 is 1.25 bits per heavy atom. The summed E-state index contributed by atoms with van der Waals surface area (Å²) in [6.07, 6.45) is 0. The lowest BCUT2D eigenvalue weighted by molar-refractivity contribution is 0.200. The summed E-state index contributed by atoms with van der Waals surface area (Å²) in [6, 6.07) is 9.68. The van der Waals surface area contributed by atoms with Gasteiger partial charge in [0.15, 0.2) is 0 Å². The van der Waals surface area contributed by atoms with Gasteiger partial charge in [-0.05, 0) is 47.5 Å². The van der Waals surface area contributed by atoms with Crippen LogP contribution in [0.1, 0.15) is 18.7 Å². The number of ether oxygens (including phenoxy) is 1. The van der Waals surface area contributed by atoms with Crippen LogP contribution < -0.4 is 15.4 Å². The maximum atomic E-state index is 11.9. The lowest BCUT2D eigenvalue weighted by Gasteiger charge is -2.19. The van der Waals surface area contributed by atoms with E-state index < -0.39 is 0 Å². The van der Waals surface area contributed by atoms with Gasteiger partial charge in [0, 0.05) is 17.5 Å². The number of aliphatic hydroxyl groups is 1. The summed E-state index contributed by atoms with van der Waals surface area (Å²) in [7, 11) is 1.65. The predicted octanol–water partition coefficient (Wildman–Crippen LogP) is 3.24. The largest absolute Gasteiger partial charge is 0.497 e. The zero-order chi connectivity index (χ0) is 17.5. The molecule has 2 atom stereocenters. The second-order valence-electron chi connectivity index (χ2n) is 5.81. The Hall–Kier alpha value is -2.05. The minimum absolute atomic E-state index is 0.0270. The third-order valence-electron chi connectivity index (χ3n) is 4.00. The summed E-state index contributed by atoms with van der Waals surface area (Å²) in [6.45, 7) is 4.31. The van der Waals surface area contributed by atoms with Crippen molar-refractivity contribution < 1.29 is 14.6 Å². The first-order chi connectivity index (χ1) is 11.5. The first-order valence-electron chi connectivity index (χ1n) is 7.90. The molecule has 1 heterocycles. The number of carbonyl (C=O) groups excluding carboxylic acids is 1. The highest BCUT2D eigenvalue weighted by atomic mass is 32.1. The van der Waals surface area contributed by atoms with Crippen molar-refractivity contribution in [2.24, 2.45) is 5.92 Å². The number of rotatable bonds is 7. The molecule has 0 aliphatic rings. The van der Waals surface area contributed by atoms with Gasteiger partial charge in [-0.2, -0.15) is 0 Å². The van der Waals surface area contributed by atoms with Crippen molar-refractivity contribution in [1.29, 1.82) is 0 Å². The number of benzene rings is 1. The molecule has 0 aliphatic carbocycles. The molecule has 0 bridgehead atoms. The Morgan fingerprint density at radius 3 is 2.58 bits per heavy atom. The molecule has 0 spiro atoms. The molecule has 0 saturated heterocycles. The first-order valence-corrected chi connectivity index (χ1v) is 8.78. The van der Waals surface area contributed by atoms with E-state index in [0.29, 0.717) is 6.54 Å². The minimum Gasteiger partial charge on any atom is -0.497 e. The van der Waals surface area contributed by atoms with Gasteiger partial charge in [-0.3, -0.25) is 0 Å². The third kappa shape index (κ3) is 4.97. The molecule has 3 N–H and O–H groups in total. The number of carbonyl (C=O) groups is 1. The summed E-state index contributed by atoms with van der Waals surface area (Å²) in [5.41, 5.74) is 2.25. The van der Waals surface area contributed by atoms with E-state index >= 15 is 0 Å². The average Bonchev–Trinajstić information content (AvgIpc) is 3.08. The molecular formula is C18H24N2O3S. The molecule has 5 nitrogen and oxygen atoms in total. The maximum absolute atomic E-state index is 11.9. The Morgan fingerprint density at radius 2 is 1.96 bits per heavy atom. The molecule has 2 aromatic rings. The van der Waals surface area contributed by atoms with E-state index in [1.807, 2.05) is 38.1 Å². The van der Waals surface area contributed by atoms with Gasteiger partial charge < -0.3 is 20.5 Å². The second-order valence-corrected chi connectivity index (χ2v) is 6.80. The van der Waals surface area contributed by atoms with E-state index in [0.717, 1.165) is 21.8 Å². The van der Waals surface area contributed by atoms with E-state index in [9.17, 15) is 4.79 Å². The van der Waals surface area contributed by atoms with Crippen LogP contribution in [0.15, 0.2) is 35.7 Å². The highest BCUT2D eigenvalue weighted by Crippen LogP contribution is 2.27. The van der Waals surface area contributed by atoms with Crippen molar-refractivity contribution in [1.82, 2.24) is 10.6 Å². The standard InChI is InChI=1S/C18H24N2O3S/c1-12(10-21)13(2)20-18(22)19-9-17-8-15(11-24-17)14-4-6-16(23-3)7-5-14/h4-8,11-13,21H,9-10H2,1-3H3,(H2,19,20,22). The number of amides is 2. The van der Waals surface area contributed by atoms with Gasteiger partial charge in [-0.1, -0.05) is 19.1 Å². The highest BCUT2D eigenvalue weighted by molar-refractivity contribution is 7.10. The Balaban J connectivity index is 1.88. The number of hydrogen-bond donors (Lipinski definition) is 3. The number of hydrogen-bond acceptors (Lipinski definition) is 4. The van der Waals surface area contributed by atoms with E-state index in [1.54, 1.807) is 18.4 Å². The number of methoxy groups -OCH3 is 1. The van der Waals surface area contributed by atoms with Gasteiger partial charge in [0.1, 0.15) is 5.75 Å². The first kappa shape index (κ1) is 18.3. The number of aliphatic hydroxyl groups excluding tert-OH is 1. The fourth-order valence-electron chi connectivity index (χ4n) is 2.13. The molecule has 2 rings (SSSR count). The van der Waals surface area contributed by atoms with Gasteiger partial charge in [0.05, 0.1) is 13.7 Å². The predicted molar refractivity (Wildman–Crippen MR) is 97.4 cm³/mol. The quantitative estimate of drug-likeness (QED) is 0.719. The summed E-state index contributed by atoms with van der Waals surface area (Å²) in [5.74, 6) is 0.859.